The van der Waals surface area contributed by atoms with Crippen LogP contribution in [0.3, 0.4) is 0 Å². The zero-order valence-electron chi connectivity index (χ0n) is 9.02. The van der Waals surface area contributed by atoms with E-state index in [1.54, 1.807) is 0 Å². The van der Waals surface area contributed by atoms with Gasteiger partial charge in [0.2, 0.25) is 0 Å². The predicted molar refractivity (Wildman–Crippen MR) is 62.7 cm³/mol. The van der Waals surface area contributed by atoms with E-state index < -0.39 is 12.3 Å². The molecule has 0 spiro atoms. The number of nitrogens with two attached hydrogens (primary N) is 2. The number of benzene rings is 1. The summed E-state index contributed by atoms with van der Waals surface area (Å²) in [6.07, 6.45) is -2.47. The van der Waals surface area contributed by atoms with Crippen molar-refractivity contribution in [3.63, 3.8) is 0 Å². The van der Waals surface area contributed by atoms with Crippen LogP contribution in [0.5, 0.6) is 0 Å². The van der Waals surface area contributed by atoms with Gasteiger partial charge in [-0.3, -0.25) is 4.99 Å². The van der Waals surface area contributed by atoms with Gasteiger partial charge in [0, 0.05) is 0 Å². The highest BCUT2D eigenvalue weighted by Gasteiger charge is 2.04. The fourth-order valence-electron chi connectivity index (χ4n) is 0.972. The van der Waals surface area contributed by atoms with Crippen LogP contribution in [0.4, 0.5) is 4.79 Å². The lowest BCUT2D eigenvalue weighted by Gasteiger charge is -2.07. The third kappa shape index (κ3) is 8.70. The SMILES string of the molecule is NC(N)=NCC(O)c1ccccc1.O=C(O)O. The van der Waals surface area contributed by atoms with Crippen molar-refractivity contribution in [2.75, 3.05) is 6.54 Å². The molecule has 0 aliphatic carbocycles. The molecule has 0 radical (unpaired) electrons. The zero-order valence-corrected chi connectivity index (χ0v) is 9.02. The molecule has 1 atom stereocenters. The molecule has 7 N–H and O–H groups in total. The summed E-state index contributed by atoms with van der Waals surface area (Å²) in [5, 5.41) is 23.5. The topological polar surface area (TPSA) is 142 Å². The van der Waals surface area contributed by atoms with Crippen LogP contribution in [0, 0.1) is 0 Å². The number of hydrogen-bond acceptors (Lipinski definition) is 3. The van der Waals surface area contributed by atoms with Gasteiger partial charge in [0.15, 0.2) is 5.96 Å². The molecule has 0 fully saturated rings. The van der Waals surface area contributed by atoms with Crippen LogP contribution in [-0.4, -0.2) is 34.0 Å². The summed E-state index contributed by atoms with van der Waals surface area (Å²) >= 11 is 0. The number of aliphatic imine (C=N–C) groups is 1. The number of carbonyl (C=O) groups is 1. The molecule has 0 aliphatic rings. The van der Waals surface area contributed by atoms with E-state index in [2.05, 4.69) is 4.99 Å². The Kier molecular flexibility index (Phi) is 6.88. The zero-order chi connectivity index (χ0) is 13.3. The van der Waals surface area contributed by atoms with Crippen LogP contribution >= 0.6 is 0 Å². The molecule has 0 heterocycles. The number of aliphatic hydroxyl groups is 1. The second-order valence-electron chi connectivity index (χ2n) is 2.97. The average Bonchev–Trinajstić information content (AvgIpc) is 2.26. The highest BCUT2D eigenvalue weighted by Crippen LogP contribution is 2.11. The Hall–Kier alpha value is -2.28. The largest absolute Gasteiger partial charge is 0.503 e. The Labute approximate surface area is 98.0 Å². The first-order valence-corrected chi connectivity index (χ1v) is 4.63. The minimum absolute atomic E-state index is 0.00465. The molecule has 0 aromatic heterocycles. The van der Waals surface area contributed by atoms with E-state index in [0.717, 1.165) is 5.56 Å². The van der Waals surface area contributed by atoms with Crippen LogP contribution < -0.4 is 11.5 Å². The summed E-state index contributed by atoms with van der Waals surface area (Å²) in [4.78, 5) is 12.3. The van der Waals surface area contributed by atoms with E-state index in [9.17, 15) is 5.11 Å². The molecule has 17 heavy (non-hydrogen) atoms. The monoisotopic (exact) mass is 241 g/mol. The molecular weight excluding hydrogens is 226 g/mol. The molecule has 94 valence electrons. The summed E-state index contributed by atoms with van der Waals surface area (Å²) < 4.78 is 0. The van der Waals surface area contributed by atoms with E-state index in [1.807, 2.05) is 30.3 Å². The van der Waals surface area contributed by atoms with Gasteiger partial charge < -0.3 is 26.8 Å². The first-order valence-electron chi connectivity index (χ1n) is 4.63. The minimum Gasteiger partial charge on any atom is -0.450 e. The molecule has 0 saturated carbocycles. The van der Waals surface area contributed by atoms with Gasteiger partial charge >= 0.3 is 6.16 Å². The quantitative estimate of drug-likeness (QED) is 0.378. The molecule has 1 aromatic carbocycles. The van der Waals surface area contributed by atoms with Crippen molar-refractivity contribution in [3.8, 4) is 0 Å². The molecule has 1 unspecified atom stereocenters. The highest BCUT2D eigenvalue weighted by molar-refractivity contribution is 5.75. The van der Waals surface area contributed by atoms with Crippen molar-refractivity contribution in [1.82, 2.24) is 0 Å². The molecule has 1 aromatic rings. The molecular formula is C10H15N3O4. The predicted octanol–water partition coefficient (Wildman–Crippen LogP) is 0.216. The fourth-order valence-corrected chi connectivity index (χ4v) is 0.972. The second-order valence-corrected chi connectivity index (χ2v) is 2.97. The van der Waals surface area contributed by atoms with Gasteiger partial charge in [-0.15, -0.1) is 0 Å². The van der Waals surface area contributed by atoms with Gasteiger partial charge in [0.25, 0.3) is 0 Å². The smallest absolute Gasteiger partial charge is 0.450 e. The van der Waals surface area contributed by atoms with Gasteiger partial charge in [0.1, 0.15) is 0 Å². The van der Waals surface area contributed by atoms with Crippen LogP contribution in [0.15, 0.2) is 35.3 Å². The van der Waals surface area contributed by atoms with Crippen LogP contribution in [-0.2, 0) is 0 Å². The van der Waals surface area contributed by atoms with Crippen molar-refractivity contribution < 1.29 is 20.1 Å². The maximum absolute atomic E-state index is 9.55. The van der Waals surface area contributed by atoms with Gasteiger partial charge in [-0.2, -0.15) is 0 Å². The van der Waals surface area contributed by atoms with Crippen LogP contribution in [0.1, 0.15) is 11.7 Å². The van der Waals surface area contributed by atoms with Gasteiger partial charge in [-0.25, -0.2) is 4.79 Å². The van der Waals surface area contributed by atoms with Crippen molar-refractivity contribution in [3.05, 3.63) is 35.9 Å². The Bertz CT molecular complexity index is 359. The number of aliphatic hydroxyl groups excluding tert-OH is 1. The van der Waals surface area contributed by atoms with Gasteiger partial charge in [0.05, 0.1) is 12.6 Å². The van der Waals surface area contributed by atoms with Crippen molar-refractivity contribution in [2.45, 2.75) is 6.10 Å². The lowest BCUT2D eigenvalue weighted by molar-refractivity contribution is 0.137. The van der Waals surface area contributed by atoms with E-state index in [1.165, 1.54) is 0 Å². The lowest BCUT2D eigenvalue weighted by atomic mass is 10.1. The third-order valence-electron chi connectivity index (χ3n) is 1.63. The third-order valence-corrected chi connectivity index (χ3v) is 1.63. The van der Waals surface area contributed by atoms with E-state index >= 15 is 0 Å². The normalized spacial score (nSPS) is 10.6. The van der Waals surface area contributed by atoms with Crippen molar-refractivity contribution in [1.29, 1.82) is 0 Å². The Morgan fingerprint density at radius 3 is 2.12 bits per heavy atom. The number of carboxylic acid groups (broad SMARTS) is 2. The fraction of sp³-hybridized carbons (Fsp3) is 0.200. The Morgan fingerprint density at radius 1 is 1.24 bits per heavy atom. The molecule has 0 amide bonds. The van der Waals surface area contributed by atoms with Crippen molar-refractivity contribution >= 4 is 12.1 Å². The standard InChI is InChI=1S/C9H13N3O.CH2O3/c10-9(11)12-6-8(13)7-4-2-1-3-5-7;2-1(3)4/h1-5,8,13H,6H2,(H4,10,11,12);(H2,2,3,4). The minimum atomic E-state index is -1.83. The molecule has 0 saturated heterocycles. The second kappa shape index (κ2) is 7.94. The first-order chi connectivity index (χ1) is 7.93. The summed E-state index contributed by atoms with van der Waals surface area (Å²) in [5.41, 5.74) is 11.1. The Morgan fingerprint density at radius 2 is 1.71 bits per heavy atom. The molecule has 7 heteroatoms. The summed E-state index contributed by atoms with van der Waals surface area (Å²) in [6.45, 7) is 0.201. The first kappa shape index (κ1) is 14.7. The summed E-state index contributed by atoms with van der Waals surface area (Å²) in [6, 6.07) is 9.25. The van der Waals surface area contributed by atoms with E-state index in [4.69, 9.17) is 26.5 Å². The number of rotatable bonds is 3. The number of guanidine groups is 1. The highest BCUT2D eigenvalue weighted by atomic mass is 16.6. The van der Waals surface area contributed by atoms with Gasteiger partial charge in [-0.05, 0) is 5.56 Å². The Balaban J connectivity index is 0.000000557. The van der Waals surface area contributed by atoms with Crippen molar-refractivity contribution in [2.24, 2.45) is 16.5 Å². The average molecular weight is 241 g/mol. The van der Waals surface area contributed by atoms with Crippen LogP contribution in [0.2, 0.25) is 0 Å². The summed E-state index contributed by atoms with van der Waals surface area (Å²) in [5.74, 6) is -0.00465. The van der Waals surface area contributed by atoms with E-state index in [0.29, 0.717) is 0 Å². The summed E-state index contributed by atoms with van der Waals surface area (Å²) in [7, 11) is 0. The molecule has 0 bridgehead atoms. The maximum Gasteiger partial charge on any atom is 0.503 e. The van der Waals surface area contributed by atoms with Gasteiger partial charge in [-0.1, -0.05) is 30.3 Å². The molecule has 0 aliphatic heterocycles. The molecule has 7 nitrogen and oxygen atoms in total. The number of nitrogens with zero attached hydrogens (tertiary/aromatic N) is 1. The number of hydrogen-bond donors (Lipinski definition) is 5. The lowest BCUT2D eigenvalue weighted by Crippen LogP contribution is -2.23. The molecule has 1 rings (SSSR count). The maximum atomic E-state index is 9.55. The van der Waals surface area contributed by atoms with Crippen LogP contribution in [0.25, 0.3) is 0 Å². The van der Waals surface area contributed by atoms with E-state index in [-0.39, 0.29) is 12.5 Å².